The molecule has 0 atom stereocenters. The minimum Gasteiger partial charge on any atom is -0.258 e. The molecule has 4 heteroatoms. The highest BCUT2D eigenvalue weighted by atomic mass is 16.6. The Hall–Kier alpha value is -3.45. The molecule has 0 aliphatic heterocycles. The van der Waals surface area contributed by atoms with E-state index >= 15 is 0 Å². The Balaban J connectivity index is 2.12. The molecular weight excluding hydrogens is 288 g/mol. The van der Waals surface area contributed by atoms with Gasteiger partial charge in [0.2, 0.25) is 0 Å². The van der Waals surface area contributed by atoms with Crippen LogP contribution in [-0.4, -0.2) is 4.92 Å². The topological polar surface area (TPSA) is 66.9 Å². The van der Waals surface area contributed by atoms with Gasteiger partial charge in [-0.05, 0) is 34.5 Å². The minimum atomic E-state index is -0.443. The van der Waals surface area contributed by atoms with Crippen LogP contribution in [0.5, 0.6) is 0 Å². The maximum absolute atomic E-state index is 11.1. The molecule has 110 valence electrons. The Morgan fingerprint density at radius 2 is 1.70 bits per heavy atom. The zero-order valence-electron chi connectivity index (χ0n) is 12.1. The van der Waals surface area contributed by atoms with E-state index < -0.39 is 4.92 Å². The number of hydrogen-bond donors (Lipinski definition) is 0. The molecule has 4 nitrogen and oxygen atoms in total. The molecule has 0 heterocycles. The van der Waals surface area contributed by atoms with Crippen LogP contribution in [-0.2, 0) is 0 Å². The molecule has 0 saturated carbocycles. The molecule has 23 heavy (non-hydrogen) atoms. The number of rotatable bonds is 3. The van der Waals surface area contributed by atoms with E-state index in [4.69, 9.17) is 0 Å². The van der Waals surface area contributed by atoms with Crippen molar-refractivity contribution >= 4 is 28.1 Å². The Labute approximate surface area is 133 Å². The second kappa shape index (κ2) is 6.12. The molecule has 0 aliphatic carbocycles. The summed E-state index contributed by atoms with van der Waals surface area (Å²) >= 11 is 0. The van der Waals surface area contributed by atoms with Gasteiger partial charge < -0.3 is 0 Å². The number of fused-ring (bicyclic) bond motifs is 1. The van der Waals surface area contributed by atoms with Gasteiger partial charge in [0.05, 0.1) is 22.1 Å². The van der Waals surface area contributed by atoms with E-state index in [1.165, 1.54) is 6.07 Å². The van der Waals surface area contributed by atoms with Crippen molar-refractivity contribution < 1.29 is 4.92 Å². The molecule has 0 aliphatic rings. The Morgan fingerprint density at radius 3 is 2.43 bits per heavy atom. The summed E-state index contributed by atoms with van der Waals surface area (Å²) in [6, 6.07) is 22.1. The Morgan fingerprint density at radius 1 is 1.00 bits per heavy atom. The fraction of sp³-hybridized carbons (Fsp3) is 0. The predicted octanol–water partition coefficient (Wildman–Crippen LogP) is 4.81. The van der Waals surface area contributed by atoms with Gasteiger partial charge in [0.15, 0.2) is 0 Å². The van der Waals surface area contributed by atoms with E-state index in [-0.39, 0.29) is 5.69 Å². The van der Waals surface area contributed by atoms with Crippen molar-refractivity contribution in [3.63, 3.8) is 0 Å². The summed E-state index contributed by atoms with van der Waals surface area (Å²) in [5.41, 5.74) is 1.54. The summed E-state index contributed by atoms with van der Waals surface area (Å²) < 4.78 is 0. The first-order chi connectivity index (χ1) is 11.2. The van der Waals surface area contributed by atoms with Crippen molar-refractivity contribution in [2.75, 3.05) is 0 Å². The number of nitrogens with zero attached hydrogens (tertiary/aromatic N) is 2. The third kappa shape index (κ3) is 2.94. The van der Waals surface area contributed by atoms with Gasteiger partial charge in [-0.2, -0.15) is 5.26 Å². The smallest absolute Gasteiger partial charge is 0.258 e. The molecule has 0 saturated heterocycles. The Kier molecular flexibility index (Phi) is 3.86. The van der Waals surface area contributed by atoms with Crippen LogP contribution in [0.15, 0.2) is 66.7 Å². The van der Waals surface area contributed by atoms with Crippen LogP contribution in [0.2, 0.25) is 0 Å². The van der Waals surface area contributed by atoms with Crippen molar-refractivity contribution in [3.05, 3.63) is 88.0 Å². The van der Waals surface area contributed by atoms with Crippen LogP contribution in [0.1, 0.15) is 11.1 Å². The van der Waals surface area contributed by atoms with E-state index in [2.05, 4.69) is 6.07 Å². The lowest BCUT2D eigenvalue weighted by atomic mass is 10.00. The molecule has 0 aromatic heterocycles. The highest BCUT2D eigenvalue weighted by Crippen LogP contribution is 2.26. The lowest BCUT2D eigenvalue weighted by molar-refractivity contribution is -0.385. The van der Waals surface area contributed by atoms with Gasteiger partial charge in [-0.25, -0.2) is 0 Å². The van der Waals surface area contributed by atoms with Crippen molar-refractivity contribution in [2.45, 2.75) is 0 Å². The summed E-state index contributed by atoms with van der Waals surface area (Å²) in [6.45, 7) is 0. The quantitative estimate of drug-likeness (QED) is 0.301. The average molecular weight is 300 g/mol. The van der Waals surface area contributed by atoms with Gasteiger partial charge in [0.25, 0.3) is 5.69 Å². The molecule has 0 unspecified atom stereocenters. The second-order valence-corrected chi connectivity index (χ2v) is 5.05. The summed E-state index contributed by atoms with van der Waals surface area (Å²) in [7, 11) is 0. The maximum Gasteiger partial charge on any atom is 0.276 e. The molecule has 3 rings (SSSR count). The van der Waals surface area contributed by atoms with Crippen molar-refractivity contribution in [2.24, 2.45) is 0 Å². The first kappa shape index (κ1) is 14.5. The molecule has 3 aromatic rings. The van der Waals surface area contributed by atoms with Crippen molar-refractivity contribution in [3.8, 4) is 6.07 Å². The fourth-order valence-electron chi connectivity index (χ4n) is 2.47. The van der Waals surface area contributed by atoms with Crippen molar-refractivity contribution in [1.82, 2.24) is 0 Å². The third-order valence-corrected chi connectivity index (χ3v) is 3.61. The van der Waals surface area contributed by atoms with Crippen LogP contribution in [0.4, 0.5) is 5.69 Å². The van der Waals surface area contributed by atoms with Gasteiger partial charge in [-0.15, -0.1) is 0 Å². The van der Waals surface area contributed by atoms with Gasteiger partial charge in [0, 0.05) is 6.07 Å². The fourth-order valence-corrected chi connectivity index (χ4v) is 2.47. The lowest BCUT2D eigenvalue weighted by Crippen LogP contribution is -1.91. The normalized spacial score (nSPS) is 11.2. The summed E-state index contributed by atoms with van der Waals surface area (Å²) in [6.07, 6.45) is 1.56. The van der Waals surface area contributed by atoms with Gasteiger partial charge in [-0.1, -0.05) is 48.5 Å². The van der Waals surface area contributed by atoms with E-state index in [0.717, 1.165) is 16.3 Å². The van der Waals surface area contributed by atoms with Crippen LogP contribution in [0.3, 0.4) is 0 Å². The third-order valence-electron chi connectivity index (χ3n) is 3.61. The van der Waals surface area contributed by atoms with E-state index in [1.54, 1.807) is 24.3 Å². The zero-order valence-corrected chi connectivity index (χ0v) is 12.1. The van der Waals surface area contributed by atoms with Crippen LogP contribution in [0, 0.1) is 21.4 Å². The first-order valence-electron chi connectivity index (χ1n) is 7.03. The van der Waals surface area contributed by atoms with Crippen LogP contribution < -0.4 is 0 Å². The number of nitro groups is 1. The first-order valence-corrected chi connectivity index (χ1v) is 7.03. The molecule has 0 fully saturated rings. The van der Waals surface area contributed by atoms with E-state index in [9.17, 15) is 15.4 Å². The second-order valence-electron chi connectivity index (χ2n) is 5.05. The van der Waals surface area contributed by atoms with Gasteiger partial charge in [-0.3, -0.25) is 10.1 Å². The lowest BCUT2D eigenvalue weighted by Gasteiger charge is -2.03. The zero-order chi connectivity index (χ0) is 16.2. The number of hydrogen-bond acceptors (Lipinski definition) is 3. The number of para-hydroxylation sites is 1. The Bertz CT molecular complexity index is 968. The molecule has 0 radical (unpaired) electrons. The molecule has 0 N–H and O–H groups in total. The standard InChI is InChI=1S/C19H12N2O2/c20-13-18(12-17-7-3-4-8-19(17)21(22)23)16-10-9-14-5-1-2-6-15(14)11-16/h1-12H/b18-12-. The van der Waals surface area contributed by atoms with Gasteiger partial charge in [0.1, 0.15) is 0 Å². The largest absolute Gasteiger partial charge is 0.276 e. The highest BCUT2D eigenvalue weighted by molar-refractivity contribution is 5.95. The summed E-state index contributed by atoms with van der Waals surface area (Å²) in [4.78, 5) is 10.7. The van der Waals surface area contributed by atoms with E-state index in [0.29, 0.717) is 11.1 Å². The number of nitro benzene ring substituents is 1. The summed E-state index contributed by atoms with van der Waals surface area (Å²) in [5.74, 6) is 0. The maximum atomic E-state index is 11.1. The molecule has 3 aromatic carbocycles. The SMILES string of the molecule is N#C/C(=C/c1ccccc1[N+](=O)[O-])c1ccc2ccccc2c1. The highest BCUT2D eigenvalue weighted by Gasteiger charge is 2.12. The summed E-state index contributed by atoms with van der Waals surface area (Å²) in [5, 5.41) is 22.7. The minimum absolute atomic E-state index is 0.0129. The number of benzene rings is 3. The van der Waals surface area contributed by atoms with Crippen LogP contribution in [0.25, 0.3) is 22.4 Å². The average Bonchev–Trinajstić information content (AvgIpc) is 2.59. The number of nitriles is 1. The molecule has 0 bridgehead atoms. The monoisotopic (exact) mass is 300 g/mol. The molecule has 0 amide bonds. The molecule has 0 spiro atoms. The van der Waals surface area contributed by atoms with Gasteiger partial charge >= 0.3 is 0 Å². The predicted molar refractivity (Wildman–Crippen MR) is 90.5 cm³/mol. The van der Waals surface area contributed by atoms with E-state index in [1.807, 2.05) is 42.5 Å². The molecular formula is C19H12N2O2. The number of allylic oxidation sites excluding steroid dienone is 1. The van der Waals surface area contributed by atoms with Crippen molar-refractivity contribution in [1.29, 1.82) is 5.26 Å². The van der Waals surface area contributed by atoms with Crippen LogP contribution >= 0.6 is 0 Å².